The third-order valence-corrected chi connectivity index (χ3v) is 4.05. The van der Waals surface area contributed by atoms with Crippen LogP contribution in [0.2, 0.25) is 0 Å². The van der Waals surface area contributed by atoms with Crippen LogP contribution in [0.5, 0.6) is 0 Å². The fraction of sp³-hybridized carbons (Fsp3) is 1.00. The van der Waals surface area contributed by atoms with E-state index in [0.717, 1.165) is 38.3 Å². The van der Waals surface area contributed by atoms with Gasteiger partial charge < -0.3 is 15.0 Å². The molecular formula is C14H30N2O. The molecule has 2 unspecified atom stereocenters. The third kappa shape index (κ3) is 5.36. The van der Waals surface area contributed by atoms with E-state index in [0.29, 0.717) is 0 Å². The molecule has 3 nitrogen and oxygen atoms in total. The summed E-state index contributed by atoms with van der Waals surface area (Å²) < 4.78 is 5.43. The van der Waals surface area contributed by atoms with Crippen molar-refractivity contribution in [2.24, 2.45) is 5.92 Å². The molecule has 3 heteroatoms. The number of nitrogens with one attached hydrogen (secondary N) is 1. The summed E-state index contributed by atoms with van der Waals surface area (Å²) in [6.45, 7) is 9.48. The van der Waals surface area contributed by atoms with Crippen molar-refractivity contribution in [2.45, 2.75) is 45.6 Å². The van der Waals surface area contributed by atoms with Crippen LogP contribution in [0, 0.1) is 5.92 Å². The molecule has 0 aliphatic heterocycles. The maximum Gasteiger partial charge on any atom is 0.0593 e. The van der Waals surface area contributed by atoms with Crippen LogP contribution < -0.4 is 5.32 Å². The highest BCUT2D eigenvalue weighted by Crippen LogP contribution is 2.28. The summed E-state index contributed by atoms with van der Waals surface area (Å²) >= 11 is 0. The van der Waals surface area contributed by atoms with Crippen molar-refractivity contribution in [2.75, 3.05) is 39.9 Å². The van der Waals surface area contributed by atoms with E-state index in [-0.39, 0.29) is 0 Å². The molecule has 2 atom stereocenters. The summed E-state index contributed by atoms with van der Waals surface area (Å²) in [7, 11) is 2.11. The van der Waals surface area contributed by atoms with E-state index in [1.807, 2.05) is 0 Å². The quantitative estimate of drug-likeness (QED) is 0.627. The van der Waals surface area contributed by atoms with Crippen LogP contribution in [-0.2, 0) is 4.74 Å². The van der Waals surface area contributed by atoms with Gasteiger partial charge in [-0.15, -0.1) is 0 Å². The molecule has 0 saturated heterocycles. The number of rotatable bonds is 9. The number of likely N-dealkylation sites (N-methyl/N-ethyl adjacent to an activating group) is 1. The Morgan fingerprint density at radius 1 is 1.24 bits per heavy atom. The lowest BCUT2D eigenvalue weighted by atomic mass is 9.99. The highest BCUT2D eigenvalue weighted by Gasteiger charge is 2.25. The standard InChI is InChI=1S/C14H30N2O/c1-4-16(11-12-17-5-2)10-9-13-7-6-8-14(13)15-3/h13-15H,4-12H2,1-3H3. The first-order valence-corrected chi connectivity index (χ1v) is 7.29. The van der Waals surface area contributed by atoms with E-state index in [9.17, 15) is 0 Å². The average molecular weight is 242 g/mol. The minimum atomic E-state index is 0.764. The summed E-state index contributed by atoms with van der Waals surface area (Å²) in [6.07, 6.45) is 5.52. The van der Waals surface area contributed by atoms with E-state index < -0.39 is 0 Å². The second kappa shape index (κ2) is 8.90. The van der Waals surface area contributed by atoms with E-state index >= 15 is 0 Å². The average Bonchev–Trinajstić information content (AvgIpc) is 2.81. The number of nitrogens with zero attached hydrogens (tertiary/aromatic N) is 1. The van der Waals surface area contributed by atoms with E-state index in [4.69, 9.17) is 4.74 Å². The van der Waals surface area contributed by atoms with Crippen LogP contribution in [0.15, 0.2) is 0 Å². The van der Waals surface area contributed by atoms with Crippen LogP contribution >= 0.6 is 0 Å². The third-order valence-electron chi connectivity index (χ3n) is 4.05. The lowest BCUT2D eigenvalue weighted by Crippen LogP contribution is -2.34. The van der Waals surface area contributed by atoms with Crippen molar-refractivity contribution in [3.63, 3.8) is 0 Å². The van der Waals surface area contributed by atoms with Crippen molar-refractivity contribution in [3.05, 3.63) is 0 Å². The van der Waals surface area contributed by atoms with Gasteiger partial charge in [0.05, 0.1) is 6.61 Å². The Kier molecular flexibility index (Phi) is 7.82. The van der Waals surface area contributed by atoms with Crippen molar-refractivity contribution in [1.82, 2.24) is 10.2 Å². The van der Waals surface area contributed by atoms with Crippen LogP contribution in [0.4, 0.5) is 0 Å². The summed E-state index contributed by atoms with van der Waals surface area (Å²) in [5, 5.41) is 3.46. The molecular weight excluding hydrogens is 212 g/mol. The lowest BCUT2D eigenvalue weighted by Gasteiger charge is -2.24. The van der Waals surface area contributed by atoms with Gasteiger partial charge >= 0.3 is 0 Å². The second-order valence-corrected chi connectivity index (χ2v) is 5.01. The molecule has 1 fully saturated rings. The van der Waals surface area contributed by atoms with Crippen molar-refractivity contribution in [1.29, 1.82) is 0 Å². The molecule has 1 saturated carbocycles. The molecule has 0 amide bonds. The number of hydrogen-bond donors (Lipinski definition) is 1. The van der Waals surface area contributed by atoms with Crippen LogP contribution in [0.25, 0.3) is 0 Å². The maximum absolute atomic E-state index is 5.43. The van der Waals surface area contributed by atoms with E-state index in [1.165, 1.54) is 32.2 Å². The van der Waals surface area contributed by atoms with Gasteiger partial charge in [0, 0.05) is 19.2 Å². The van der Waals surface area contributed by atoms with Gasteiger partial charge in [0.25, 0.3) is 0 Å². The Hall–Kier alpha value is -0.120. The Bertz CT molecular complexity index is 187. The molecule has 1 rings (SSSR count). The first-order chi connectivity index (χ1) is 8.31. The second-order valence-electron chi connectivity index (χ2n) is 5.01. The Labute approximate surface area is 107 Å². The predicted octanol–water partition coefficient (Wildman–Crippen LogP) is 2.12. The molecule has 102 valence electrons. The van der Waals surface area contributed by atoms with Crippen LogP contribution in [-0.4, -0.2) is 50.8 Å². The minimum Gasteiger partial charge on any atom is -0.380 e. The molecule has 1 N–H and O–H groups in total. The van der Waals surface area contributed by atoms with Gasteiger partial charge in [-0.05, 0) is 52.2 Å². The first kappa shape index (κ1) is 14.9. The normalized spacial score (nSPS) is 24.7. The van der Waals surface area contributed by atoms with E-state index in [1.54, 1.807) is 0 Å². The zero-order chi connectivity index (χ0) is 12.5. The van der Waals surface area contributed by atoms with Gasteiger partial charge in [-0.1, -0.05) is 13.3 Å². The Morgan fingerprint density at radius 3 is 2.71 bits per heavy atom. The summed E-state index contributed by atoms with van der Waals surface area (Å²) in [6, 6.07) is 0.764. The zero-order valence-corrected chi connectivity index (χ0v) is 11.9. The smallest absolute Gasteiger partial charge is 0.0593 e. The van der Waals surface area contributed by atoms with Crippen molar-refractivity contribution in [3.8, 4) is 0 Å². The molecule has 17 heavy (non-hydrogen) atoms. The molecule has 1 aliphatic rings. The van der Waals surface area contributed by atoms with Gasteiger partial charge in [0.1, 0.15) is 0 Å². The molecule has 0 heterocycles. The monoisotopic (exact) mass is 242 g/mol. The molecule has 0 bridgehead atoms. The van der Waals surface area contributed by atoms with Gasteiger partial charge in [0.15, 0.2) is 0 Å². The van der Waals surface area contributed by atoms with Crippen molar-refractivity contribution < 1.29 is 4.74 Å². The summed E-state index contributed by atoms with van der Waals surface area (Å²) in [4.78, 5) is 2.51. The first-order valence-electron chi connectivity index (χ1n) is 7.29. The predicted molar refractivity (Wildman–Crippen MR) is 73.4 cm³/mol. The van der Waals surface area contributed by atoms with Gasteiger partial charge in [-0.2, -0.15) is 0 Å². The zero-order valence-electron chi connectivity index (χ0n) is 11.9. The van der Waals surface area contributed by atoms with Crippen LogP contribution in [0.1, 0.15) is 39.5 Å². The van der Waals surface area contributed by atoms with Gasteiger partial charge in [-0.3, -0.25) is 0 Å². The fourth-order valence-electron chi connectivity index (χ4n) is 2.88. The van der Waals surface area contributed by atoms with Crippen molar-refractivity contribution >= 4 is 0 Å². The van der Waals surface area contributed by atoms with Gasteiger partial charge in [-0.25, -0.2) is 0 Å². The highest BCUT2D eigenvalue weighted by atomic mass is 16.5. The molecule has 0 spiro atoms. The highest BCUT2D eigenvalue weighted by molar-refractivity contribution is 4.82. The molecule has 0 radical (unpaired) electrons. The van der Waals surface area contributed by atoms with Crippen LogP contribution in [0.3, 0.4) is 0 Å². The number of ether oxygens (including phenoxy) is 1. The Morgan fingerprint density at radius 2 is 2.06 bits per heavy atom. The topological polar surface area (TPSA) is 24.5 Å². The van der Waals surface area contributed by atoms with Gasteiger partial charge in [0.2, 0.25) is 0 Å². The maximum atomic E-state index is 5.43. The fourth-order valence-corrected chi connectivity index (χ4v) is 2.88. The number of hydrogen-bond acceptors (Lipinski definition) is 3. The molecule has 0 aromatic rings. The molecule has 0 aromatic carbocycles. The minimum absolute atomic E-state index is 0.764. The Balaban J connectivity index is 2.17. The molecule has 1 aliphatic carbocycles. The lowest BCUT2D eigenvalue weighted by molar-refractivity contribution is 0.112. The summed E-state index contributed by atoms with van der Waals surface area (Å²) in [5.74, 6) is 0.890. The van der Waals surface area contributed by atoms with E-state index in [2.05, 4.69) is 31.1 Å². The summed E-state index contributed by atoms with van der Waals surface area (Å²) in [5.41, 5.74) is 0. The molecule has 0 aromatic heterocycles. The largest absolute Gasteiger partial charge is 0.380 e. The SMILES string of the molecule is CCOCCN(CC)CCC1CCCC1NC.